The number of allylic oxidation sites excluding steroid dienone is 3. The summed E-state index contributed by atoms with van der Waals surface area (Å²) in [5.41, 5.74) is 4.95. The minimum Gasteiger partial charge on any atom is -0.351 e. The number of amides is 2. The molecule has 4 aliphatic rings. The molecule has 2 aliphatic carbocycles. The Morgan fingerprint density at radius 3 is 2.10 bits per heavy atom. The van der Waals surface area contributed by atoms with Crippen molar-refractivity contribution in [2.75, 3.05) is 52.4 Å². The van der Waals surface area contributed by atoms with Crippen LogP contribution in [0.5, 0.6) is 0 Å². The topological polar surface area (TPSA) is 64.7 Å². The second kappa shape index (κ2) is 11.3. The van der Waals surface area contributed by atoms with E-state index in [1.54, 1.807) is 0 Å². The van der Waals surface area contributed by atoms with E-state index in [1.807, 2.05) is 12.1 Å². The molecule has 2 amide bonds. The van der Waals surface area contributed by atoms with E-state index in [-0.39, 0.29) is 17.2 Å². The molecular formula is C33H42N4O2. The van der Waals surface area contributed by atoms with Crippen molar-refractivity contribution >= 4 is 28.2 Å². The maximum atomic E-state index is 13.3. The maximum absolute atomic E-state index is 13.3. The van der Waals surface area contributed by atoms with Crippen LogP contribution in [0.4, 0.5) is 0 Å². The number of piperidine rings is 2. The quantitative estimate of drug-likeness (QED) is 0.526. The van der Waals surface area contributed by atoms with Gasteiger partial charge in [-0.1, -0.05) is 56.2 Å². The molecule has 2 heterocycles. The average molecular weight is 527 g/mol. The zero-order chi connectivity index (χ0) is 26.8. The molecule has 2 aromatic carbocycles. The lowest BCUT2D eigenvalue weighted by molar-refractivity contribution is -0.117. The van der Waals surface area contributed by atoms with Gasteiger partial charge in [0.2, 0.25) is 5.91 Å². The molecule has 2 aromatic rings. The Hall–Kier alpha value is -2.96. The first kappa shape index (κ1) is 26.3. The van der Waals surface area contributed by atoms with E-state index in [9.17, 15) is 9.59 Å². The Morgan fingerprint density at radius 2 is 1.44 bits per heavy atom. The van der Waals surface area contributed by atoms with Crippen LogP contribution in [0.3, 0.4) is 0 Å². The summed E-state index contributed by atoms with van der Waals surface area (Å²) in [6, 6.07) is 10.4. The number of hydrogen-bond acceptors (Lipinski definition) is 4. The molecule has 1 atom stereocenters. The van der Waals surface area contributed by atoms with Gasteiger partial charge in [0.25, 0.3) is 5.91 Å². The summed E-state index contributed by atoms with van der Waals surface area (Å²) >= 11 is 0. The fourth-order valence-corrected chi connectivity index (χ4v) is 7.21. The monoisotopic (exact) mass is 526 g/mol. The Balaban J connectivity index is 1.16. The number of likely N-dealkylation sites (tertiary alicyclic amines) is 2. The number of fused-ring (bicyclic) bond motifs is 3. The first-order valence-corrected chi connectivity index (χ1v) is 15.0. The van der Waals surface area contributed by atoms with E-state index in [2.05, 4.69) is 57.7 Å². The summed E-state index contributed by atoms with van der Waals surface area (Å²) < 4.78 is 0. The molecule has 206 valence electrons. The van der Waals surface area contributed by atoms with E-state index in [0.717, 1.165) is 61.2 Å². The van der Waals surface area contributed by atoms with Gasteiger partial charge in [0.05, 0.1) is 0 Å². The van der Waals surface area contributed by atoms with Crippen LogP contribution < -0.4 is 10.6 Å². The van der Waals surface area contributed by atoms with Crippen molar-refractivity contribution in [2.24, 2.45) is 0 Å². The Kier molecular flexibility index (Phi) is 7.59. The maximum Gasteiger partial charge on any atom is 0.251 e. The zero-order valence-electron chi connectivity index (χ0n) is 23.4. The van der Waals surface area contributed by atoms with Crippen LogP contribution in [0.25, 0.3) is 16.3 Å². The molecule has 6 nitrogen and oxygen atoms in total. The van der Waals surface area contributed by atoms with Crippen molar-refractivity contribution in [1.29, 1.82) is 0 Å². The molecule has 2 saturated heterocycles. The molecule has 0 aromatic heterocycles. The number of carbonyl (C=O) groups excluding carboxylic acids is 2. The van der Waals surface area contributed by atoms with E-state index in [4.69, 9.17) is 0 Å². The number of nitrogens with zero attached hydrogens (tertiary/aromatic N) is 2. The third kappa shape index (κ3) is 5.17. The van der Waals surface area contributed by atoms with Crippen molar-refractivity contribution in [2.45, 2.75) is 57.3 Å². The van der Waals surface area contributed by atoms with Crippen LogP contribution in [-0.4, -0.2) is 74.0 Å². The molecule has 39 heavy (non-hydrogen) atoms. The molecule has 2 N–H and O–H groups in total. The van der Waals surface area contributed by atoms with E-state index < -0.39 is 0 Å². The molecule has 0 saturated carbocycles. The molecule has 0 bridgehead atoms. The van der Waals surface area contributed by atoms with Crippen molar-refractivity contribution in [1.82, 2.24) is 20.4 Å². The summed E-state index contributed by atoms with van der Waals surface area (Å²) in [7, 11) is 0. The number of rotatable bonds is 8. The third-order valence-corrected chi connectivity index (χ3v) is 9.38. The van der Waals surface area contributed by atoms with E-state index >= 15 is 0 Å². The lowest BCUT2D eigenvalue weighted by Gasteiger charge is -2.32. The lowest BCUT2D eigenvalue weighted by atomic mass is 9.71. The van der Waals surface area contributed by atoms with Crippen LogP contribution >= 0.6 is 0 Å². The normalized spacial score (nSPS) is 23.2. The molecule has 0 radical (unpaired) electrons. The van der Waals surface area contributed by atoms with Crippen molar-refractivity contribution < 1.29 is 9.59 Å². The molecule has 2 aliphatic heterocycles. The lowest BCUT2D eigenvalue weighted by Crippen LogP contribution is -2.39. The predicted molar refractivity (Wildman–Crippen MR) is 158 cm³/mol. The minimum absolute atomic E-state index is 0.00314. The standard InChI is InChI=1S/C33H42N4O2/c1-33-23-24(31(38)34-15-21-36-17-4-2-5-18-36)11-13-28(33)27-10-8-9-25-26(12-14-29(33)30(25)27)32(39)35-16-22-37-19-6-3-7-20-37/h8-14H,2-7,15-23H2,1H3,(H,34,38)(H,35,39). The smallest absolute Gasteiger partial charge is 0.251 e. The molecule has 1 unspecified atom stereocenters. The summed E-state index contributed by atoms with van der Waals surface area (Å²) in [6.45, 7) is 10.00. The van der Waals surface area contributed by atoms with Crippen molar-refractivity contribution in [3.8, 4) is 0 Å². The Morgan fingerprint density at radius 1 is 0.795 bits per heavy atom. The fraction of sp³-hybridized carbons (Fsp3) is 0.515. The van der Waals surface area contributed by atoms with Gasteiger partial charge in [-0.15, -0.1) is 0 Å². The number of benzene rings is 2. The highest BCUT2D eigenvalue weighted by Gasteiger charge is 2.43. The number of nitrogens with one attached hydrogen (secondary N) is 2. The summed E-state index contributed by atoms with van der Waals surface area (Å²) in [5, 5.41) is 8.51. The Labute approximate surface area is 232 Å². The van der Waals surface area contributed by atoms with Gasteiger partial charge in [0, 0.05) is 42.7 Å². The second-order valence-electron chi connectivity index (χ2n) is 12.0. The van der Waals surface area contributed by atoms with Gasteiger partial charge in [0.1, 0.15) is 0 Å². The van der Waals surface area contributed by atoms with Gasteiger partial charge in [-0.2, -0.15) is 0 Å². The van der Waals surface area contributed by atoms with Crippen LogP contribution in [-0.2, 0) is 10.2 Å². The van der Waals surface area contributed by atoms with Gasteiger partial charge >= 0.3 is 0 Å². The molecule has 6 heteroatoms. The van der Waals surface area contributed by atoms with Gasteiger partial charge in [-0.25, -0.2) is 0 Å². The second-order valence-corrected chi connectivity index (χ2v) is 12.0. The van der Waals surface area contributed by atoms with Crippen molar-refractivity contribution in [3.63, 3.8) is 0 Å². The fourth-order valence-electron chi connectivity index (χ4n) is 7.21. The van der Waals surface area contributed by atoms with Crippen LogP contribution in [0.2, 0.25) is 0 Å². The highest BCUT2D eigenvalue weighted by Crippen LogP contribution is 2.55. The SMILES string of the molecule is CC12CC(C(=O)NCCN3CCCCC3)=CC=C1c1cccc3c(C(=O)NCCN4CCCCC4)ccc2c13. The number of carbonyl (C=O) groups is 2. The average Bonchev–Trinajstić information content (AvgIpc) is 3.23. The van der Waals surface area contributed by atoms with Crippen LogP contribution in [0, 0.1) is 0 Å². The van der Waals surface area contributed by atoms with E-state index in [1.165, 1.54) is 55.2 Å². The summed E-state index contributed by atoms with van der Waals surface area (Å²) in [4.78, 5) is 31.3. The molecular weight excluding hydrogens is 484 g/mol. The van der Waals surface area contributed by atoms with Gasteiger partial charge in [0.15, 0.2) is 0 Å². The molecule has 0 spiro atoms. The first-order chi connectivity index (χ1) is 19.0. The summed E-state index contributed by atoms with van der Waals surface area (Å²) in [6.07, 6.45) is 12.5. The third-order valence-electron chi connectivity index (χ3n) is 9.38. The Bertz CT molecular complexity index is 1320. The van der Waals surface area contributed by atoms with Crippen LogP contribution in [0.15, 0.2) is 48.1 Å². The first-order valence-electron chi connectivity index (χ1n) is 15.0. The molecule has 2 fully saturated rings. The largest absolute Gasteiger partial charge is 0.351 e. The predicted octanol–water partition coefficient (Wildman–Crippen LogP) is 4.64. The van der Waals surface area contributed by atoms with Gasteiger partial charge in [-0.05, 0) is 91.8 Å². The zero-order valence-corrected chi connectivity index (χ0v) is 23.4. The van der Waals surface area contributed by atoms with Gasteiger partial charge < -0.3 is 20.4 Å². The highest BCUT2D eigenvalue weighted by atomic mass is 16.2. The van der Waals surface area contributed by atoms with Gasteiger partial charge in [-0.3, -0.25) is 9.59 Å². The van der Waals surface area contributed by atoms with E-state index in [0.29, 0.717) is 19.5 Å². The minimum atomic E-state index is -0.278. The highest BCUT2D eigenvalue weighted by molar-refractivity contribution is 6.14. The summed E-state index contributed by atoms with van der Waals surface area (Å²) in [5.74, 6) is 0.0389. The van der Waals surface area contributed by atoms with Crippen LogP contribution in [0.1, 0.15) is 73.4 Å². The van der Waals surface area contributed by atoms with Crippen molar-refractivity contribution in [3.05, 3.63) is 64.7 Å². The number of hydrogen-bond donors (Lipinski definition) is 2. The molecule has 6 rings (SSSR count).